The van der Waals surface area contributed by atoms with Crippen molar-refractivity contribution in [1.82, 2.24) is 4.98 Å². The van der Waals surface area contributed by atoms with Gasteiger partial charge in [0.1, 0.15) is 5.60 Å². The number of nitrogens with zero attached hydrogens (tertiary/aromatic N) is 1. The van der Waals surface area contributed by atoms with Crippen LogP contribution in [0.4, 0.5) is 0 Å². The van der Waals surface area contributed by atoms with Crippen LogP contribution in [0.2, 0.25) is 5.02 Å². The molecule has 15 heavy (non-hydrogen) atoms. The third-order valence-electron chi connectivity index (χ3n) is 2.32. The fraction of sp³-hybridized carbons (Fsp3) is 0.545. The van der Waals surface area contributed by atoms with Gasteiger partial charge in [-0.3, -0.25) is 0 Å². The molecule has 1 heterocycles. The van der Waals surface area contributed by atoms with E-state index in [1.165, 1.54) is 0 Å². The van der Waals surface area contributed by atoms with Crippen molar-refractivity contribution in [3.8, 4) is 5.88 Å². The fourth-order valence-corrected chi connectivity index (χ4v) is 1.20. The van der Waals surface area contributed by atoms with Crippen molar-refractivity contribution >= 4 is 11.6 Å². The van der Waals surface area contributed by atoms with Crippen molar-refractivity contribution in [1.29, 1.82) is 0 Å². The first-order chi connectivity index (χ1) is 6.98. The molecule has 0 aromatic carbocycles. The molecule has 0 aliphatic heterocycles. The number of aromatic nitrogens is 1. The molecule has 2 N–H and O–H groups in total. The average molecular weight is 229 g/mol. The minimum Gasteiger partial charge on any atom is -0.472 e. The maximum atomic E-state index is 5.90. The third kappa shape index (κ3) is 3.36. The summed E-state index contributed by atoms with van der Waals surface area (Å²) in [6.45, 7) is 6.43. The van der Waals surface area contributed by atoms with E-state index in [1.54, 1.807) is 12.1 Å². The van der Waals surface area contributed by atoms with Gasteiger partial charge in [0.2, 0.25) is 5.88 Å². The molecule has 0 fully saturated rings. The molecule has 0 aliphatic carbocycles. The summed E-state index contributed by atoms with van der Waals surface area (Å²) in [6.07, 6.45) is 0.912. The van der Waals surface area contributed by atoms with Gasteiger partial charge in [0.15, 0.2) is 0 Å². The molecule has 4 heteroatoms. The van der Waals surface area contributed by atoms with Crippen LogP contribution >= 0.6 is 11.6 Å². The highest BCUT2D eigenvalue weighted by Gasteiger charge is 2.17. The van der Waals surface area contributed by atoms with Crippen LogP contribution in [0.3, 0.4) is 0 Å². The quantitative estimate of drug-likeness (QED) is 0.862. The number of ether oxygens (including phenoxy) is 1. The second-order valence-electron chi connectivity index (χ2n) is 4.00. The first-order valence-corrected chi connectivity index (χ1v) is 5.41. The second-order valence-corrected chi connectivity index (χ2v) is 4.40. The van der Waals surface area contributed by atoms with Gasteiger partial charge >= 0.3 is 0 Å². The maximum Gasteiger partial charge on any atom is 0.214 e. The predicted molar refractivity (Wildman–Crippen MR) is 62.1 cm³/mol. The van der Waals surface area contributed by atoms with Crippen LogP contribution in [-0.2, 0) is 6.54 Å². The number of rotatable bonds is 4. The lowest BCUT2D eigenvalue weighted by Crippen LogP contribution is -2.27. The second kappa shape index (κ2) is 4.81. The van der Waals surface area contributed by atoms with Crippen molar-refractivity contribution in [3.05, 3.63) is 22.8 Å². The van der Waals surface area contributed by atoms with Crippen molar-refractivity contribution < 1.29 is 4.74 Å². The molecule has 3 nitrogen and oxygen atoms in total. The minimum atomic E-state index is -0.216. The zero-order chi connectivity index (χ0) is 11.5. The average Bonchev–Trinajstić information content (AvgIpc) is 2.20. The number of hydrogen-bond donors (Lipinski definition) is 1. The Morgan fingerprint density at radius 3 is 2.67 bits per heavy atom. The molecule has 0 atom stereocenters. The van der Waals surface area contributed by atoms with E-state index >= 15 is 0 Å². The largest absolute Gasteiger partial charge is 0.472 e. The molecule has 0 saturated carbocycles. The molecule has 0 radical (unpaired) electrons. The van der Waals surface area contributed by atoms with Crippen LogP contribution in [0.5, 0.6) is 5.88 Å². The highest BCUT2D eigenvalue weighted by molar-refractivity contribution is 6.31. The SMILES string of the molecule is CCC(C)(C)Oc1ccc(Cl)c(CN)n1. The van der Waals surface area contributed by atoms with Gasteiger partial charge < -0.3 is 10.5 Å². The van der Waals surface area contributed by atoms with Crippen LogP contribution in [-0.4, -0.2) is 10.6 Å². The summed E-state index contributed by atoms with van der Waals surface area (Å²) in [7, 11) is 0. The molecule has 0 bridgehead atoms. The monoisotopic (exact) mass is 228 g/mol. The summed E-state index contributed by atoms with van der Waals surface area (Å²) in [5.74, 6) is 0.576. The summed E-state index contributed by atoms with van der Waals surface area (Å²) in [5, 5.41) is 0.583. The van der Waals surface area contributed by atoms with E-state index in [4.69, 9.17) is 22.1 Å². The van der Waals surface area contributed by atoms with Crippen molar-refractivity contribution in [2.75, 3.05) is 0 Å². The van der Waals surface area contributed by atoms with Crippen LogP contribution in [0.1, 0.15) is 32.9 Å². The van der Waals surface area contributed by atoms with Gasteiger partial charge in [-0.2, -0.15) is 0 Å². The van der Waals surface area contributed by atoms with E-state index in [9.17, 15) is 0 Å². The summed E-state index contributed by atoms with van der Waals surface area (Å²) in [4.78, 5) is 4.24. The van der Waals surface area contributed by atoms with Crippen molar-refractivity contribution in [2.45, 2.75) is 39.3 Å². The Kier molecular flexibility index (Phi) is 3.94. The summed E-state index contributed by atoms with van der Waals surface area (Å²) < 4.78 is 5.72. The Balaban J connectivity index is 2.87. The van der Waals surface area contributed by atoms with Gasteiger partial charge in [-0.15, -0.1) is 0 Å². The van der Waals surface area contributed by atoms with Gasteiger partial charge in [-0.1, -0.05) is 18.5 Å². The number of pyridine rings is 1. The smallest absolute Gasteiger partial charge is 0.214 e. The van der Waals surface area contributed by atoms with Gasteiger partial charge in [-0.05, 0) is 26.3 Å². The van der Waals surface area contributed by atoms with Crippen LogP contribution in [0.15, 0.2) is 12.1 Å². The Hall–Kier alpha value is -0.800. The van der Waals surface area contributed by atoms with Crippen LogP contribution in [0, 0.1) is 0 Å². The molecule has 1 aromatic rings. The Morgan fingerprint density at radius 1 is 1.47 bits per heavy atom. The molecule has 0 unspecified atom stereocenters. The van der Waals surface area contributed by atoms with E-state index in [1.807, 2.05) is 13.8 Å². The number of nitrogens with two attached hydrogens (primary N) is 1. The van der Waals surface area contributed by atoms with Gasteiger partial charge in [0.25, 0.3) is 0 Å². The molecular weight excluding hydrogens is 212 g/mol. The Labute approximate surface area is 95.6 Å². The van der Waals surface area contributed by atoms with Crippen LogP contribution in [0.25, 0.3) is 0 Å². The first-order valence-electron chi connectivity index (χ1n) is 5.03. The molecule has 1 aromatic heterocycles. The van der Waals surface area contributed by atoms with E-state index in [0.717, 1.165) is 6.42 Å². The normalized spacial score (nSPS) is 11.5. The molecule has 84 valence electrons. The van der Waals surface area contributed by atoms with Gasteiger partial charge in [0.05, 0.1) is 10.7 Å². The van der Waals surface area contributed by atoms with E-state index < -0.39 is 0 Å². The van der Waals surface area contributed by atoms with Gasteiger partial charge in [-0.25, -0.2) is 4.98 Å². The standard InChI is InChI=1S/C11H17ClN2O/c1-4-11(2,3)15-10-6-5-8(12)9(7-13)14-10/h5-6H,4,7,13H2,1-3H3. The lowest BCUT2D eigenvalue weighted by atomic mass is 10.1. The minimum absolute atomic E-state index is 0.216. The molecular formula is C11H17ClN2O. The Bertz CT molecular complexity index is 339. The molecule has 1 rings (SSSR count). The predicted octanol–water partition coefficient (Wildman–Crippen LogP) is 2.76. The van der Waals surface area contributed by atoms with Crippen molar-refractivity contribution in [3.63, 3.8) is 0 Å². The summed E-state index contributed by atoms with van der Waals surface area (Å²) >= 11 is 5.90. The zero-order valence-corrected chi connectivity index (χ0v) is 10.1. The lowest BCUT2D eigenvalue weighted by molar-refractivity contribution is 0.0987. The number of hydrogen-bond acceptors (Lipinski definition) is 3. The highest BCUT2D eigenvalue weighted by atomic mass is 35.5. The zero-order valence-electron chi connectivity index (χ0n) is 9.38. The molecule has 0 amide bonds. The maximum absolute atomic E-state index is 5.90. The van der Waals surface area contributed by atoms with Crippen LogP contribution < -0.4 is 10.5 Å². The summed E-state index contributed by atoms with van der Waals surface area (Å²) in [5.41, 5.74) is 5.97. The highest BCUT2D eigenvalue weighted by Crippen LogP contribution is 2.22. The molecule has 0 aliphatic rings. The molecule has 0 spiro atoms. The van der Waals surface area contributed by atoms with E-state index in [-0.39, 0.29) is 5.60 Å². The fourth-order valence-electron chi connectivity index (χ4n) is 1.02. The van der Waals surface area contributed by atoms with E-state index in [0.29, 0.717) is 23.1 Å². The summed E-state index contributed by atoms with van der Waals surface area (Å²) in [6, 6.07) is 3.52. The topological polar surface area (TPSA) is 48.1 Å². The van der Waals surface area contributed by atoms with E-state index in [2.05, 4.69) is 11.9 Å². The van der Waals surface area contributed by atoms with Crippen molar-refractivity contribution in [2.24, 2.45) is 5.73 Å². The Morgan fingerprint density at radius 2 is 2.13 bits per heavy atom. The lowest BCUT2D eigenvalue weighted by Gasteiger charge is -2.24. The third-order valence-corrected chi connectivity index (χ3v) is 2.66. The first kappa shape index (κ1) is 12.3. The van der Waals surface area contributed by atoms with Gasteiger partial charge in [0, 0.05) is 12.6 Å². The number of halogens is 1. The molecule has 0 saturated heterocycles.